The van der Waals surface area contributed by atoms with Gasteiger partial charge in [0.05, 0.1) is 10.8 Å². The summed E-state index contributed by atoms with van der Waals surface area (Å²) in [7, 11) is 0. The second kappa shape index (κ2) is 5.01. The molecule has 1 saturated heterocycles. The lowest BCUT2D eigenvalue weighted by molar-refractivity contribution is -0.384. The molecule has 0 radical (unpaired) electrons. The maximum atomic E-state index is 10.8. The van der Waals surface area contributed by atoms with Crippen molar-refractivity contribution in [2.24, 2.45) is 5.92 Å². The number of rotatable bonds is 3. The molecule has 0 amide bonds. The van der Waals surface area contributed by atoms with Crippen LogP contribution in [0.2, 0.25) is 0 Å². The minimum atomic E-state index is -0.437. The Bertz CT molecular complexity index is 640. The minimum absolute atomic E-state index is 0.0183. The van der Waals surface area contributed by atoms with Gasteiger partial charge in [-0.25, -0.2) is 0 Å². The zero-order chi connectivity index (χ0) is 14.1. The van der Waals surface area contributed by atoms with Crippen LogP contribution in [0, 0.1) is 16.0 Å². The Kier molecular flexibility index (Phi) is 3.19. The smallest absolute Gasteiger partial charge is 0.270 e. The highest BCUT2D eigenvalue weighted by molar-refractivity contribution is 5.58. The van der Waals surface area contributed by atoms with Gasteiger partial charge in [0, 0.05) is 24.2 Å². The molecule has 2 heterocycles. The van der Waals surface area contributed by atoms with E-state index in [0.717, 1.165) is 13.1 Å². The molecule has 1 aliphatic rings. The first-order chi connectivity index (χ1) is 9.65. The van der Waals surface area contributed by atoms with Gasteiger partial charge in [-0.1, -0.05) is 24.2 Å². The number of nitro groups is 1. The van der Waals surface area contributed by atoms with Gasteiger partial charge in [-0.3, -0.25) is 10.1 Å². The fourth-order valence-electron chi connectivity index (χ4n) is 2.40. The van der Waals surface area contributed by atoms with Crippen LogP contribution in [-0.2, 0) is 0 Å². The van der Waals surface area contributed by atoms with Crippen LogP contribution in [0.4, 0.5) is 5.69 Å². The number of hydrogen-bond acceptors (Lipinski definition) is 6. The summed E-state index contributed by atoms with van der Waals surface area (Å²) >= 11 is 0. The van der Waals surface area contributed by atoms with Gasteiger partial charge in [0.25, 0.3) is 5.69 Å². The fraction of sp³-hybridized carbons (Fsp3) is 0.385. The van der Waals surface area contributed by atoms with Crippen molar-refractivity contribution in [3.8, 4) is 11.4 Å². The van der Waals surface area contributed by atoms with E-state index >= 15 is 0 Å². The molecular weight excluding hydrogens is 260 g/mol. The van der Waals surface area contributed by atoms with E-state index in [-0.39, 0.29) is 11.6 Å². The molecule has 104 valence electrons. The lowest BCUT2D eigenvalue weighted by Gasteiger charge is -2.07. The zero-order valence-corrected chi connectivity index (χ0v) is 10.9. The summed E-state index contributed by atoms with van der Waals surface area (Å²) < 4.78 is 5.30. The average molecular weight is 274 g/mol. The lowest BCUT2D eigenvalue weighted by Crippen LogP contribution is -2.08. The molecule has 3 rings (SSSR count). The molecule has 0 saturated carbocycles. The molecule has 1 N–H and O–H groups in total. The van der Waals surface area contributed by atoms with Crippen LogP contribution < -0.4 is 5.32 Å². The molecule has 0 aliphatic carbocycles. The molecule has 1 aromatic heterocycles. The fourth-order valence-corrected chi connectivity index (χ4v) is 2.40. The van der Waals surface area contributed by atoms with Gasteiger partial charge in [0.1, 0.15) is 0 Å². The summed E-state index contributed by atoms with van der Waals surface area (Å²) in [5, 5.41) is 18.0. The quantitative estimate of drug-likeness (QED) is 0.679. The summed E-state index contributed by atoms with van der Waals surface area (Å²) in [6.45, 7) is 3.87. The molecule has 2 aromatic rings. The standard InChI is InChI=1S/C13H14N4O3/c1-8-6-14-7-11(8)13-15-12(16-20-13)9-3-2-4-10(5-9)17(18)19/h2-5,8,11,14H,6-7H2,1H3. The number of non-ortho nitro benzene ring substituents is 1. The summed E-state index contributed by atoms with van der Waals surface area (Å²) in [5.74, 6) is 1.62. The first-order valence-electron chi connectivity index (χ1n) is 6.44. The summed E-state index contributed by atoms with van der Waals surface area (Å²) in [6, 6.07) is 6.24. The highest BCUT2D eigenvalue weighted by Gasteiger charge is 2.29. The van der Waals surface area contributed by atoms with Crippen molar-refractivity contribution in [1.82, 2.24) is 15.5 Å². The first-order valence-corrected chi connectivity index (χ1v) is 6.44. The molecule has 0 spiro atoms. The van der Waals surface area contributed by atoms with E-state index in [2.05, 4.69) is 22.4 Å². The Morgan fingerprint density at radius 2 is 2.30 bits per heavy atom. The molecule has 1 aliphatic heterocycles. The van der Waals surface area contributed by atoms with Gasteiger partial charge in [0.15, 0.2) is 0 Å². The average Bonchev–Trinajstić information content (AvgIpc) is 3.07. The Morgan fingerprint density at radius 3 is 3.00 bits per heavy atom. The van der Waals surface area contributed by atoms with Gasteiger partial charge in [0.2, 0.25) is 11.7 Å². The predicted molar refractivity (Wildman–Crippen MR) is 71.2 cm³/mol. The highest BCUT2D eigenvalue weighted by atomic mass is 16.6. The van der Waals surface area contributed by atoms with E-state index in [0.29, 0.717) is 23.2 Å². The normalized spacial score (nSPS) is 22.1. The van der Waals surface area contributed by atoms with E-state index in [4.69, 9.17) is 4.52 Å². The van der Waals surface area contributed by atoms with Crippen molar-refractivity contribution >= 4 is 5.69 Å². The third-order valence-corrected chi connectivity index (χ3v) is 3.59. The van der Waals surface area contributed by atoms with E-state index in [1.165, 1.54) is 12.1 Å². The molecule has 20 heavy (non-hydrogen) atoms. The second-order valence-corrected chi connectivity index (χ2v) is 5.01. The maximum Gasteiger partial charge on any atom is 0.270 e. The second-order valence-electron chi connectivity index (χ2n) is 5.01. The monoisotopic (exact) mass is 274 g/mol. The minimum Gasteiger partial charge on any atom is -0.339 e. The first kappa shape index (κ1) is 12.7. The van der Waals surface area contributed by atoms with Crippen LogP contribution in [0.5, 0.6) is 0 Å². The maximum absolute atomic E-state index is 10.8. The van der Waals surface area contributed by atoms with Gasteiger partial charge in [-0.2, -0.15) is 4.98 Å². The van der Waals surface area contributed by atoms with Crippen LogP contribution in [0.25, 0.3) is 11.4 Å². The zero-order valence-electron chi connectivity index (χ0n) is 10.9. The van der Waals surface area contributed by atoms with Crippen molar-refractivity contribution in [1.29, 1.82) is 0 Å². The number of aromatic nitrogens is 2. The number of nitrogens with zero attached hydrogens (tertiary/aromatic N) is 3. The number of benzene rings is 1. The molecular formula is C13H14N4O3. The third-order valence-electron chi connectivity index (χ3n) is 3.59. The van der Waals surface area contributed by atoms with E-state index < -0.39 is 4.92 Å². The van der Waals surface area contributed by atoms with Crippen LogP contribution in [0.15, 0.2) is 28.8 Å². The van der Waals surface area contributed by atoms with E-state index in [9.17, 15) is 10.1 Å². The van der Waals surface area contributed by atoms with Gasteiger partial charge in [-0.15, -0.1) is 0 Å². The molecule has 0 bridgehead atoms. The Morgan fingerprint density at radius 1 is 1.45 bits per heavy atom. The number of nitro benzene ring substituents is 1. The van der Waals surface area contributed by atoms with Crippen molar-refractivity contribution in [3.05, 3.63) is 40.3 Å². The molecule has 1 fully saturated rings. The molecule has 2 atom stereocenters. The van der Waals surface area contributed by atoms with E-state index in [1.807, 2.05) is 0 Å². The van der Waals surface area contributed by atoms with Crippen LogP contribution in [0.1, 0.15) is 18.7 Å². The van der Waals surface area contributed by atoms with Crippen molar-refractivity contribution in [2.75, 3.05) is 13.1 Å². The lowest BCUT2D eigenvalue weighted by atomic mass is 9.98. The van der Waals surface area contributed by atoms with Crippen molar-refractivity contribution in [3.63, 3.8) is 0 Å². The number of nitrogens with one attached hydrogen (secondary N) is 1. The number of hydrogen-bond donors (Lipinski definition) is 1. The Hall–Kier alpha value is -2.28. The van der Waals surface area contributed by atoms with Crippen LogP contribution in [-0.4, -0.2) is 28.2 Å². The van der Waals surface area contributed by atoms with Crippen LogP contribution >= 0.6 is 0 Å². The topological polar surface area (TPSA) is 94.1 Å². The largest absolute Gasteiger partial charge is 0.339 e. The van der Waals surface area contributed by atoms with E-state index in [1.54, 1.807) is 12.1 Å². The van der Waals surface area contributed by atoms with Gasteiger partial charge in [-0.05, 0) is 12.5 Å². The summed E-state index contributed by atoms with van der Waals surface area (Å²) in [6.07, 6.45) is 0. The third kappa shape index (κ3) is 2.27. The summed E-state index contributed by atoms with van der Waals surface area (Å²) in [5.41, 5.74) is 0.609. The predicted octanol–water partition coefficient (Wildman–Crippen LogP) is 1.97. The summed E-state index contributed by atoms with van der Waals surface area (Å²) in [4.78, 5) is 14.7. The molecule has 1 aromatic carbocycles. The Labute approximate surface area is 115 Å². The molecule has 7 nitrogen and oxygen atoms in total. The molecule has 2 unspecified atom stereocenters. The molecule has 7 heteroatoms. The Balaban J connectivity index is 1.90. The van der Waals surface area contributed by atoms with Crippen molar-refractivity contribution in [2.45, 2.75) is 12.8 Å². The van der Waals surface area contributed by atoms with Crippen LogP contribution in [0.3, 0.4) is 0 Å². The highest BCUT2D eigenvalue weighted by Crippen LogP contribution is 2.28. The van der Waals surface area contributed by atoms with Crippen molar-refractivity contribution < 1.29 is 9.45 Å². The van der Waals surface area contributed by atoms with Gasteiger partial charge < -0.3 is 9.84 Å². The van der Waals surface area contributed by atoms with Gasteiger partial charge >= 0.3 is 0 Å². The SMILES string of the molecule is CC1CNCC1c1nc(-c2cccc([N+](=O)[O-])c2)no1.